The third kappa shape index (κ3) is 2.74. The average Bonchev–Trinajstić information content (AvgIpc) is 2.55. The molecule has 122 valence electrons. The quantitative estimate of drug-likeness (QED) is 0.583. The summed E-state index contributed by atoms with van der Waals surface area (Å²) in [6.07, 6.45) is 1.49. The zero-order valence-corrected chi connectivity index (χ0v) is 12.8. The van der Waals surface area contributed by atoms with E-state index in [-0.39, 0.29) is 34.5 Å². The van der Waals surface area contributed by atoms with Crippen LogP contribution in [0.1, 0.15) is 0 Å². The molecule has 7 heteroatoms. The smallest absolute Gasteiger partial charge is 0.220 e. The molecule has 0 bridgehead atoms. The second kappa shape index (κ2) is 5.96. The highest BCUT2D eigenvalue weighted by Gasteiger charge is 2.19. The lowest BCUT2D eigenvalue weighted by molar-refractivity contribution is 0.399. The second-order valence-corrected chi connectivity index (χ2v) is 5.08. The zero-order chi connectivity index (χ0) is 17.3. The number of rotatable bonds is 3. The van der Waals surface area contributed by atoms with E-state index in [2.05, 4.69) is 9.97 Å². The van der Waals surface area contributed by atoms with Crippen LogP contribution in [0.5, 0.6) is 23.0 Å². The first-order valence-corrected chi connectivity index (χ1v) is 7.02. The van der Waals surface area contributed by atoms with Gasteiger partial charge in [-0.15, -0.1) is 0 Å². The number of ether oxygens (including phenoxy) is 1. The topological polar surface area (TPSA) is 122 Å². The predicted octanol–water partition coefficient (Wildman–Crippen LogP) is 2.52. The molecule has 0 aliphatic rings. The fourth-order valence-electron chi connectivity index (χ4n) is 2.39. The SMILES string of the molecule is COc1cc(O)c(-c2nc(N)ncc2-c2ccc(O)cc2)c(O)c1. The molecular weight excluding hydrogens is 310 g/mol. The molecule has 0 atom stereocenters. The predicted molar refractivity (Wildman–Crippen MR) is 88.9 cm³/mol. The van der Waals surface area contributed by atoms with Crippen LogP contribution in [0.2, 0.25) is 0 Å². The number of nitrogens with zero attached hydrogens (tertiary/aromatic N) is 2. The van der Waals surface area contributed by atoms with Gasteiger partial charge in [-0.25, -0.2) is 9.97 Å². The van der Waals surface area contributed by atoms with Gasteiger partial charge in [0.25, 0.3) is 0 Å². The number of phenols is 3. The summed E-state index contributed by atoms with van der Waals surface area (Å²) >= 11 is 0. The number of anilines is 1. The number of methoxy groups -OCH3 is 1. The molecule has 24 heavy (non-hydrogen) atoms. The van der Waals surface area contributed by atoms with E-state index in [1.165, 1.54) is 37.6 Å². The van der Waals surface area contributed by atoms with Gasteiger partial charge in [-0.05, 0) is 17.7 Å². The van der Waals surface area contributed by atoms with E-state index in [4.69, 9.17) is 10.5 Å². The highest BCUT2D eigenvalue weighted by atomic mass is 16.5. The van der Waals surface area contributed by atoms with Crippen molar-refractivity contribution in [2.75, 3.05) is 12.8 Å². The Balaban J connectivity index is 2.25. The molecule has 0 radical (unpaired) electrons. The minimum absolute atomic E-state index is 0.00199. The normalized spacial score (nSPS) is 10.5. The number of phenolic OH excluding ortho intramolecular Hbond substituents is 3. The monoisotopic (exact) mass is 325 g/mol. The fraction of sp³-hybridized carbons (Fsp3) is 0.0588. The number of aromatic nitrogens is 2. The van der Waals surface area contributed by atoms with Crippen LogP contribution in [0.25, 0.3) is 22.4 Å². The van der Waals surface area contributed by atoms with Crippen LogP contribution in [-0.2, 0) is 0 Å². The molecule has 3 aromatic rings. The molecule has 0 unspecified atom stereocenters. The lowest BCUT2D eigenvalue weighted by Gasteiger charge is -2.13. The summed E-state index contributed by atoms with van der Waals surface area (Å²) in [5.74, 6) is 0.0193. The first-order chi connectivity index (χ1) is 11.5. The molecule has 2 aromatic carbocycles. The average molecular weight is 325 g/mol. The van der Waals surface area contributed by atoms with Crippen molar-refractivity contribution >= 4 is 5.95 Å². The number of hydrogen-bond donors (Lipinski definition) is 4. The maximum Gasteiger partial charge on any atom is 0.220 e. The standard InChI is InChI=1S/C17H15N3O4/c1-24-11-6-13(22)15(14(23)7-11)16-12(8-19-17(18)20-16)9-2-4-10(21)5-3-9/h2-8,21-23H,1H3,(H2,18,19,20). The Labute approximate surface area is 137 Å². The van der Waals surface area contributed by atoms with Crippen LogP contribution in [0.4, 0.5) is 5.95 Å². The first-order valence-electron chi connectivity index (χ1n) is 7.02. The zero-order valence-electron chi connectivity index (χ0n) is 12.8. The van der Waals surface area contributed by atoms with E-state index < -0.39 is 0 Å². The van der Waals surface area contributed by atoms with Crippen molar-refractivity contribution in [3.8, 4) is 45.4 Å². The van der Waals surface area contributed by atoms with E-state index in [0.29, 0.717) is 16.9 Å². The molecular formula is C17H15N3O4. The van der Waals surface area contributed by atoms with Crippen LogP contribution >= 0.6 is 0 Å². The van der Waals surface area contributed by atoms with Crippen molar-refractivity contribution < 1.29 is 20.1 Å². The van der Waals surface area contributed by atoms with Crippen molar-refractivity contribution in [1.29, 1.82) is 0 Å². The van der Waals surface area contributed by atoms with Gasteiger partial charge < -0.3 is 25.8 Å². The highest BCUT2D eigenvalue weighted by Crippen LogP contribution is 2.43. The maximum absolute atomic E-state index is 10.3. The van der Waals surface area contributed by atoms with Crippen LogP contribution in [0, 0.1) is 0 Å². The van der Waals surface area contributed by atoms with E-state index >= 15 is 0 Å². The molecule has 7 nitrogen and oxygen atoms in total. The lowest BCUT2D eigenvalue weighted by atomic mass is 9.99. The van der Waals surface area contributed by atoms with Crippen molar-refractivity contribution in [3.63, 3.8) is 0 Å². The maximum atomic E-state index is 10.3. The Morgan fingerprint density at radius 3 is 2.21 bits per heavy atom. The van der Waals surface area contributed by atoms with Gasteiger partial charge in [0.15, 0.2) is 0 Å². The molecule has 0 aliphatic heterocycles. The van der Waals surface area contributed by atoms with Crippen molar-refractivity contribution in [2.45, 2.75) is 0 Å². The van der Waals surface area contributed by atoms with Crippen LogP contribution in [-0.4, -0.2) is 32.4 Å². The number of hydrogen-bond acceptors (Lipinski definition) is 7. The summed E-state index contributed by atoms with van der Waals surface area (Å²) in [5.41, 5.74) is 7.29. The Kier molecular flexibility index (Phi) is 3.83. The van der Waals surface area contributed by atoms with Crippen LogP contribution in [0.15, 0.2) is 42.6 Å². The van der Waals surface area contributed by atoms with Gasteiger partial charge in [-0.2, -0.15) is 0 Å². The Morgan fingerprint density at radius 1 is 1.00 bits per heavy atom. The molecule has 0 amide bonds. The van der Waals surface area contributed by atoms with Crippen LogP contribution in [0.3, 0.4) is 0 Å². The van der Waals surface area contributed by atoms with Gasteiger partial charge in [-0.1, -0.05) is 12.1 Å². The summed E-state index contributed by atoms with van der Waals surface area (Å²) in [6, 6.07) is 9.12. The minimum Gasteiger partial charge on any atom is -0.508 e. The minimum atomic E-state index is -0.204. The van der Waals surface area contributed by atoms with Crippen molar-refractivity contribution in [3.05, 3.63) is 42.6 Å². The summed E-state index contributed by atoms with van der Waals surface area (Å²) in [6.45, 7) is 0. The Bertz CT molecular complexity index is 872. The number of nitrogens with two attached hydrogens (primary N) is 1. The summed E-state index contributed by atoms with van der Waals surface area (Å²) < 4.78 is 5.01. The van der Waals surface area contributed by atoms with Gasteiger partial charge in [0, 0.05) is 23.9 Å². The third-order valence-electron chi connectivity index (χ3n) is 3.53. The van der Waals surface area contributed by atoms with Crippen LogP contribution < -0.4 is 10.5 Å². The van der Waals surface area contributed by atoms with Gasteiger partial charge in [-0.3, -0.25) is 0 Å². The van der Waals surface area contributed by atoms with Gasteiger partial charge >= 0.3 is 0 Å². The van der Waals surface area contributed by atoms with Gasteiger partial charge in [0.05, 0.1) is 18.4 Å². The van der Waals surface area contributed by atoms with E-state index in [1.807, 2.05) is 0 Å². The van der Waals surface area contributed by atoms with Crippen molar-refractivity contribution in [1.82, 2.24) is 9.97 Å². The molecule has 1 aromatic heterocycles. The lowest BCUT2D eigenvalue weighted by Crippen LogP contribution is -1.99. The van der Waals surface area contributed by atoms with Gasteiger partial charge in [0.1, 0.15) is 23.0 Å². The fourth-order valence-corrected chi connectivity index (χ4v) is 2.39. The van der Waals surface area contributed by atoms with E-state index in [1.54, 1.807) is 12.1 Å². The molecule has 0 saturated carbocycles. The first kappa shape index (κ1) is 15.4. The number of nitrogen functional groups attached to an aromatic ring is 1. The van der Waals surface area contributed by atoms with Crippen molar-refractivity contribution in [2.24, 2.45) is 0 Å². The molecule has 5 N–H and O–H groups in total. The van der Waals surface area contributed by atoms with E-state index in [0.717, 1.165) is 0 Å². The summed E-state index contributed by atoms with van der Waals surface area (Å²) in [7, 11) is 1.43. The molecule has 3 rings (SSSR count). The molecule has 1 heterocycles. The Hall–Kier alpha value is -3.48. The highest BCUT2D eigenvalue weighted by molar-refractivity contribution is 5.87. The third-order valence-corrected chi connectivity index (χ3v) is 3.53. The second-order valence-electron chi connectivity index (χ2n) is 5.08. The number of aromatic hydroxyl groups is 3. The largest absolute Gasteiger partial charge is 0.508 e. The Morgan fingerprint density at radius 2 is 1.62 bits per heavy atom. The molecule has 0 fully saturated rings. The molecule has 0 saturated heterocycles. The van der Waals surface area contributed by atoms with Gasteiger partial charge in [0.2, 0.25) is 5.95 Å². The number of benzene rings is 2. The molecule has 0 spiro atoms. The summed E-state index contributed by atoms with van der Waals surface area (Å²) in [4.78, 5) is 8.14. The molecule has 0 aliphatic carbocycles. The summed E-state index contributed by atoms with van der Waals surface area (Å²) in [5, 5.41) is 30.0. The van der Waals surface area contributed by atoms with E-state index in [9.17, 15) is 15.3 Å².